The van der Waals surface area contributed by atoms with Crippen LogP contribution >= 0.6 is 0 Å². The molecule has 0 aliphatic carbocycles. The van der Waals surface area contributed by atoms with Crippen LogP contribution < -0.4 is 0 Å². The lowest BCUT2D eigenvalue weighted by Crippen LogP contribution is -2.21. The Morgan fingerprint density at radius 2 is 1.80 bits per heavy atom. The maximum atomic E-state index is 4.33. The number of nitrogens with zero attached hydrogens (tertiary/aromatic N) is 4. The molecule has 2 heterocycles. The van der Waals surface area contributed by atoms with Crippen LogP contribution in [0.4, 0.5) is 0 Å². The van der Waals surface area contributed by atoms with Crippen LogP contribution in [0.1, 0.15) is 58.9 Å². The molecule has 0 radical (unpaired) electrons. The molecule has 30 heavy (non-hydrogen) atoms. The highest BCUT2D eigenvalue weighted by molar-refractivity contribution is 5.57. The van der Waals surface area contributed by atoms with E-state index in [9.17, 15) is 0 Å². The van der Waals surface area contributed by atoms with Crippen molar-refractivity contribution in [1.29, 1.82) is 0 Å². The van der Waals surface area contributed by atoms with Gasteiger partial charge in [0.25, 0.3) is 0 Å². The van der Waals surface area contributed by atoms with Gasteiger partial charge in [0.15, 0.2) is 0 Å². The van der Waals surface area contributed by atoms with E-state index in [2.05, 4.69) is 85.9 Å². The van der Waals surface area contributed by atoms with Gasteiger partial charge in [0.05, 0.1) is 6.20 Å². The Bertz CT molecular complexity index is 825. The van der Waals surface area contributed by atoms with Gasteiger partial charge in [-0.2, -0.15) is 0 Å². The van der Waals surface area contributed by atoms with Gasteiger partial charge in [-0.15, -0.1) is 5.10 Å². The molecule has 0 N–H and O–H groups in total. The predicted octanol–water partition coefficient (Wildman–Crippen LogP) is 6.43. The average Bonchev–Trinajstić information content (AvgIpc) is 3.41. The van der Waals surface area contributed by atoms with Crippen molar-refractivity contribution in [3.05, 3.63) is 72.1 Å². The van der Waals surface area contributed by atoms with Gasteiger partial charge in [0, 0.05) is 30.9 Å². The summed E-state index contributed by atoms with van der Waals surface area (Å²) in [5, 5.41) is 8.62. The van der Waals surface area contributed by atoms with Crippen molar-refractivity contribution in [2.45, 2.75) is 66.3 Å². The van der Waals surface area contributed by atoms with Crippen LogP contribution in [0.2, 0.25) is 0 Å². The van der Waals surface area contributed by atoms with E-state index in [1.807, 2.05) is 17.0 Å². The Kier molecular flexibility index (Phi) is 10.1. The van der Waals surface area contributed by atoms with Gasteiger partial charge in [-0.3, -0.25) is 4.68 Å². The first-order chi connectivity index (χ1) is 14.7. The first-order valence-corrected chi connectivity index (χ1v) is 11.4. The largest absolute Gasteiger partial charge is 0.371 e. The molecule has 4 heteroatoms. The van der Waals surface area contributed by atoms with Crippen molar-refractivity contribution in [3.63, 3.8) is 0 Å². The molecule has 0 saturated carbocycles. The number of hydrogen-bond acceptors (Lipinski definition) is 3. The number of hydrogen-bond donors (Lipinski definition) is 0. The molecule has 0 saturated heterocycles. The molecule has 0 fully saturated rings. The Hall–Kier alpha value is -2.62. The monoisotopic (exact) mass is 406 g/mol. The normalized spacial score (nSPS) is 13.7. The van der Waals surface area contributed by atoms with Crippen molar-refractivity contribution in [2.75, 3.05) is 13.1 Å². The molecule has 0 amide bonds. The molecule has 4 nitrogen and oxygen atoms in total. The first-order valence-electron chi connectivity index (χ1n) is 11.4. The number of allylic oxidation sites excluding steroid dienone is 3. The molecule has 0 bridgehead atoms. The van der Waals surface area contributed by atoms with Crippen LogP contribution in [0.3, 0.4) is 0 Å². The quantitative estimate of drug-likeness (QED) is 0.481. The molecule has 2 aromatic rings. The smallest absolute Gasteiger partial charge is 0.113 e. The Morgan fingerprint density at radius 1 is 1.07 bits per heavy atom. The summed E-state index contributed by atoms with van der Waals surface area (Å²) in [7, 11) is 0. The van der Waals surface area contributed by atoms with E-state index in [0.717, 1.165) is 50.2 Å². The van der Waals surface area contributed by atoms with E-state index in [0.29, 0.717) is 0 Å². The van der Waals surface area contributed by atoms with E-state index < -0.39 is 0 Å². The summed E-state index contributed by atoms with van der Waals surface area (Å²) < 4.78 is 1.95. The van der Waals surface area contributed by atoms with Crippen molar-refractivity contribution in [2.24, 2.45) is 0 Å². The van der Waals surface area contributed by atoms with E-state index >= 15 is 0 Å². The fourth-order valence-corrected chi connectivity index (χ4v) is 3.39. The Labute approximate surface area is 183 Å². The summed E-state index contributed by atoms with van der Waals surface area (Å²) in [5.41, 5.74) is 6.08. The van der Waals surface area contributed by atoms with Crippen molar-refractivity contribution >= 4 is 0 Å². The highest BCUT2D eigenvalue weighted by Crippen LogP contribution is 2.25. The van der Waals surface area contributed by atoms with Crippen LogP contribution in [-0.4, -0.2) is 33.0 Å². The summed E-state index contributed by atoms with van der Waals surface area (Å²) in [6, 6.07) is 8.58. The molecule has 1 aromatic heterocycles. The second-order valence-electron chi connectivity index (χ2n) is 7.62. The zero-order valence-corrected chi connectivity index (χ0v) is 19.3. The molecule has 1 aliphatic heterocycles. The number of rotatable bonds is 9. The summed E-state index contributed by atoms with van der Waals surface area (Å²) >= 11 is 0. The first kappa shape index (κ1) is 23.7. The number of aryl methyl sites for hydroxylation is 2. The van der Waals surface area contributed by atoms with Crippen molar-refractivity contribution < 1.29 is 0 Å². The lowest BCUT2D eigenvalue weighted by molar-refractivity contribution is 0.361. The summed E-state index contributed by atoms with van der Waals surface area (Å²) in [4.78, 5) is 2.44. The van der Waals surface area contributed by atoms with Crippen molar-refractivity contribution in [3.8, 4) is 11.3 Å². The lowest BCUT2D eigenvalue weighted by Gasteiger charge is -2.20. The Balaban J connectivity index is 0.000000735. The highest BCUT2D eigenvalue weighted by Gasteiger charge is 2.18. The van der Waals surface area contributed by atoms with Gasteiger partial charge in [-0.05, 0) is 43.4 Å². The molecule has 0 atom stereocenters. The zero-order chi connectivity index (χ0) is 21.8. The number of aromatic nitrogens is 3. The molecule has 162 valence electrons. The summed E-state index contributed by atoms with van der Waals surface area (Å²) in [5.74, 6) is 0. The molecule has 3 rings (SSSR count). The highest BCUT2D eigenvalue weighted by atomic mass is 15.4. The maximum absolute atomic E-state index is 4.33. The molecule has 1 aliphatic rings. The number of benzene rings is 1. The third-order valence-electron chi connectivity index (χ3n) is 5.40. The van der Waals surface area contributed by atoms with Gasteiger partial charge in [0.2, 0.25) is 0 Å². The maximum Gasteiger partial charge on any atom is 0.113 e. The predicted molar refractivity (Wildman–Crippen MR) is 128 cm³/mol. The summed E-state index contributed by atoms with van der Waals surface area (Å²) in [6.45, 7) is 15.5. The van der Waals surface area contributed by atoms with Crippen LogP contribution in [0.25, 0.3) is 11.3 Å². The standard InChI is InChI=1S/C22H28N4.C4H10/c1-4-8-22-19(6-3)13-16-25(22)14-7-15-26-17-21(23-24-26)20-11-9-18(5-2)10-12-20;1-3-4-2/h4,6,8-12,17H,3,5,7,13-16H2,1-2H3;3-4H2,1-2H3/b8-4-;. The van der Waals surface area contributed by atoms with Crippen LogP contribution in [-0.2, 0) is 13.0 Å². The van der Waals surface area contributed by atoms with Gasteiger partial charge in [-0.25, -0.2) is 0 Å². The van der Waals surface area contributed by atoms with Crippen LogP contribution in [0.15, 0.2) is 66.5 Å². The fourth-order valence-electron chi connectivity index (χ4n) is 3.39. The fraction of sp³-hybridized carbons (Fsp3) is 0.462. The second-order valence-corrected chi connectivity index (χ2v) is 7.62. The van der Waals surface area contributed by atoms with Crippen molar-refractivity contribution in [1.82, 2.24) is 19.9 Å². The number of unbranched alkanes of at least 4 members (excludes halogenated alkanes) is 1. The topological polar surface area (TPSA) is 34.0 Å². The Morgan fingerprint density at radius 3 is 2.40 bits per heavy atom. The third-order valence-corrected chi connectivity index (χ3v) is 5.40. The molecule has 1 aromatic carbocycles. The molecule has 0 spiro atoms. The second kappa shape index (κ2) is 12.8. The minimum absolute atomic E-state index is 0.878. The third kappa shape index (κ3) is 6.72. The SMILES string of the molecule is C=CC1=C(/C=C\C)N(CCCn2cc(-c3ccc(CC)cc3)nn2)CC1.CCCC. The van der Waals surface area contributed by atoms with Crippen LogP contribution in [0, 0.1) is 0 Å². The van der Waals surface area contributed by atoms with E-state index in [1.54, 1.807) is 0 Å². The molecular weight excluding hydrogens is 368 g/mol. The minimum atomic E-state index is 0.878. The molecule has 0 unspecified atom stereocenters. The molecular formula is C26H38N4. The van der Waals surface area contributed by atoms with Gasteiger partial charge < -0.3 is 4.90 Å². The average molecular weight is 407 g/mol. The van der Waals surface area contributed by atoms with Gasteiger partial charge in [0.1, 0.15) is 5.69 Å². The van der Waals surface area contributed by atoms with Gasteiger partial charge >= 0.3 is 0 Å². The summed E-state index contributed by atoms with van der Waals surface area (Å²) in [6.07, 6.45) is 14.2. The van der Waals surface area contributed by atoms with Crippen LogP contribution in [0.5, 0.6) is 0 Å². The van der Waals surface area contributed by atoms with E-state index in [-0.39, 0.29) is 0 Å². The lowest BCUT2D eigenvalue weighted by atomic mass is 10.1. The van der Waals surface area contributed by atoms with E-state index in [4.69, 9.17) is 0 Å². The zero-order valence-electron chi connectivity index (χ0n) is 19.3. The minimum Gasteiger partial charge on any atom is -0.371 e. The van der Waals surface area contributed by atoms with Gasteiger partial charge in [-0.1, -0.05) is 81.8 Å². The van der Waals surface area contributed by atoms with E-state index in [1.165, 1.54) is 29.7 Å².